The van der Waals surface area contributed by atoms with Crippen LogP contribution in [0.15, 0.2) is 65.5 Å². The summed E-state index contributed by atoms with van der Waals surface area (Å²) in [4.78, 5) is 35.0. The number of carbonyl (C=O) groups excluding carboxylic acids is 1. The normalized spacial score (nSPS) is 13.7. The molecule has 2 aromatic heterocycles. The topological polar surface area (TPSA) is 78.1 Å². The molecule has 4 aromatic rings. The number of amides is 1. The maximum Gasteiger partial charge on any atom is 0.261 e. The number of nitrogens with zero attached hydrogens (tertiary/aromatic N) is 2. The number of rotatable bonds is 4. The average molecular weight is 417 g/mol. The van der Waals surface area contributed by atoms with Crippen molar-refractivity contribution in [3.05, 3.63) is 76.6 Å². The van der Waals surface area contributed by atoms with Crippen molar-refractivity contribution in [3.63, 3.8) is 0 Å². The summed E-state index contributed by atoms with van der Waals surface area (Å²) in [5, 5.41) is 3.86. The third kappa shape index (κ3) is 3.59. The van der Waals surface area contributed by atoms with Crippen LogP contribution in [-0.4, -0.2) is 29.0 Å². The largest absolute Gasteiger partial charge is 0.348 e. The van der Waals surface area contributed by atoms with Crippen molar-refractivity contribution in [2.75, 3.05) is 23.3 Å². The molecule has 0 atom stereocenters. The molecule has 150 valence electrons. The van der Waals surface area contributed by atoms with Crippen molar-refractivity contribution in [3.8, 4) is 11.3 Å². The van der Waals surface area contributed by atoms with Crippen molar-refractivity contribution < 1.29 is 4.79 Å². The van der Waals surface area contributed by atoms with E-state index in [-0.39, 0.29) is 5.56 Å². The molecule has 5 rings (SSSR count). The lowest BCUT2D eigenvalue weighted by molar-refractivity contribution is 0.102. The van der Waals surface area contributed by atoms with Gasteiger partial charge in [-0.3, -0.25) is 9.59 Å². The standard InChI is InChI=1S/C23H20N4O2S/c28-21(17-9-11-18(25-22(17)29)15-6-2-1-3-7-15)24-16-8-10-19-20(14-16)30-23(26-19)27-12-4-5-13-27/h1-3,6-11,14H,4-5,12-13H2,(H,24,28)(H,25,29). The van der Waals surface area contributed by atoms with Gasteiger partial charge in [0.1, 0.15) is 5.56 Å². The highest BCUT2D eigenvalue weighted by Crippen LogP contribution is 2.32. The molecule has 7 heteroatoms. The van der Waals surface area contributed by atoms with E-state index in [1.54, 1.807) is 23.5 Å². The number of hydrogen-bond acceptors (Lipinski definition) is 5. The summed E-state index contributed by atoms with van der Waals surface area (Å²) in [6.45, 7) is 2.09. The SMILES string of the molecule is O=C(Nc1ccc2nc(N3CCCC3)sc2c1)c1ccc(-c2ccccc2)[nH]c1=O. The van der Waals surface area contributed by atoms with Gasteiger partial charge in [-0.2, -0.15) is 0 Å². The fourth-order valence-electron chi connectivity index (χ4n) is 3.67. The van der Waals surface area contributed by atoms with E-state index in [0.717, 1.165) is 34.0 Å². The van der Waals surface area contributed by atoms with Crippen molar-refractivity contribution in [1.82, 2.24) is 9.97 Å². The van der Waals surface area contributed by atoms with Crippen LogP contribution in [0.2, 0.25) is 0 Å². The second-order valence-corrected chi connectivity index (χ2v) is 8.32. The van der Waals surface area contributed by atoms with Crippen LogP contribution in [0.3, 0.4) is 0 Å². The molecule has 0 saturated carbocycles. The zero-order valence-electron chi connectivity index (χ0n) is 16.2. The van der Waals surface area contributed by atoms with Gasteiger partial charge in [0.25, 0.3) is 11.5 Å². The molecule has 0 radical (unpaired) electrons. The van der Waals surface area contributed by atoms with Crippen LogP contribution in [0.4, 0.5) is 10.8 Å². The van der Waals surface area contributed by atoms with Gasteiger partial charge in [0, 0.05) is 24.5 Å². The summed E-state index contributed by atoms with van der Waals surface area (Å²) >= 11 is 1.63. The van der Waals surface area contributed by atoms with Gasteiger partial charge in [0.15, 0.2) is 5.13 Å². The molecule has 30 heavy (non-hydrogen) atoms. The zero-order chi connectivity index (χ0) is 20.5. The zero-order valence-corrected chi connectivity index (χ0v) is 17.0. The highest BCUT2D eigenvalue weighted by atomic mass is 32.1. The number of anilines is 2. The number of hydrogen-bond donors (Lipinski definition) is 2. The molecule has 1 aliphatic heterocycles. The summed E-state index contributed by atoms with van der Waals surface area (Å²) in [5.41, 5.74) is 2.81. The quantitative estimate of drug-likeness (QED) is 0.513. The van der Waals surface area contributed by atoms with Gasteiger partial charge in [-0.15, -0.1) is 0 Å². The van der Waals surface area contributed by atoms with Gasteiger partial charge >= 0.3 is 0 Å². The number of nitrogens with one attached hydrogen (secondary N) is 2. The van der Waals surface area contributed by atoms with Crippen LogP contribution in [-0.2, 0) is 0 Å². The molecular weight excluding hydrogens is 396 g/mol. The molecule has 1 saturated heterocycles. The third-order valence-electron chi connectivity index (χ3n) is 5.25. The van der Waals surface area contributed by atoms with E-state index in [1.165, 1.54) is 12.8 Å². The molecule has 3 heterocycles. The Bertz CT molecular complexity index is 1270. The summed E-state index contributed by atoms with van der Waals surface area (Å²) < 4.78 is 1.02. The lowest BCUT2D eigenvalue weighted by Crippen LogP contribution is -2.23. The number of aromatic amines is 1. The van der Waals surface area contributed by atoms with Gasteiger partial charge < -0.3 is 15.2 Å². The summed E-state index contributed by atoms with van der Waals surface area (Å²) in [6, 6.07) is 18.5. The van der Waals surface area contributed by atoms with Crippen LogP contribution in [0.1, 0.15) is 23.2 Å². The van der Waals surface area contributed by atoms with Crippen LogP contribution >= 0.6 is 11.3 Å². The lowest BCUT2D eigenvalue weighted by atomic mass is 10.1. The minimum absolute atomic E-state index is 0.0804. The molecule has 2 aromatic carbocycles. The van der Waals surface area contributed by atoms with Crippen molar-refractivity contribution in [1.29, 1.82) is 0 Å². The molecule has 1 fully saturated rings. The first-order valence-electron chi connectivity index (χ1n) is 9.93. The molecular formula is C23H20N4O2S. The maximum atomic E-state index is 12.7. The molecule has 0 spiro atoms. The highest BCUT2D eigenvalue weighted by molar-refractivity contribution is 7.22. The van der Waals surface area contributed by atoms with E-state index >= 15 is 0 Å². The predicted octanol–water partition coefficient (Wildman–Crippen LogP) is 4.50. The monoisotopic (exact) mass is 416 g/mol. The Kier molecular flexibility index (Phi) is 4.80. The minimum atomic E-state index is -0.431. The van der Waals surface area contributed by atoms with Gasteiger partial charge in [-0.1, -0.05) is 41.7 Å². The van der Waals surface area contributed by atoms with Crippen LogP contribution in [0.5, 0.6) is 0 Å². The van der Waals surface area contributed by atoms with E-state index in [2.05, 4.69) is 15.2 Å². The molecule has 0 bridgehead atoms. The molecule has 6 nitrogen and oxygen atoms in total. The summed E-state index contributed by atoms with van der Waals surface area (Å²) in [6.07, 6.45) is 2.41. The van der Waals surface area contributed by atoms with Crippen molar-refractivity contribution in [2.45, 2.75) is 12.8 Å². The second-order valence-electron chi connectivity index (χ2n) is 7.31. The molecule has 2 N–H and O–H groups in total. The van der Waals surface area contributed by atoms with E-state index < -0.39 is 11.5 Å². The number of thiazole rings is 1. The van der Waals surface area contributed by atoms with Crippen molar-refractivity contribution in [2.24, 2.45) is 0 Å². The number of fused-ring (bicyclic) bond motifs is 1. The lowest BCUT2D eigenvalue weighted by Gasteiger charge is -2.11. The first-order valence-corrected chi connectivity index (χ1v) is 10.7. The number of aromatic nitrogens is 2. The number of benzene rings is 2. The fraction of sp³-hybridized carbons (Fsp3) is 0.174. The van der Waals surface area contributed by atoms with E-state index in [4.69, 9.17) is 4.98 Å². The van der Waals surface area contributed by atoms with Gasteiger partial charge in [-0.25, -0.2) is 4.98 Å². The summed E-state index contributed by atoms with van der Waals surface area (Å²) in [5.74, 6) is -0.431. The van der Waals surface area contributed by atoms with Crippen molar-refractivity contribution >= 4 is 38.3 Å². The van der Waals surface area contributed by atoms with Gasteiger partial charge in [0.05, 0.1) is 10.2 Å². The number of pyridine rings is 1. The summed E-state index contributed by atoms with van der Waals surface area (Å²) in [7, 11) is 0. The Labute approximate surface area is 177 Å². The Balaban J connectivity index is 1.37. The first-order chi connectivity index (χ1) is 14.7. The van der Waals surface area contributed by atoms with Crippen LogP contribution in [0.25, 0.3) is 21.5 Å². The Hall–Kier alpha value is -3.45. The van der Waals surface area contributed by atoms with Gasteiger partial charge in [-0.05, 0) is 48.7 Å². The minimum Gasteiger partial charge on any atom is -0.348 e. The first kappa shape index (κ1) is 18.6. The Morgan fingerprint density at radius 3 is 2.60 bits per heavy atom. The molecule has 1 amide bonds. The Morgan fingerprint density at radius 1 is 1.03 bits per heavy atom. The average Bonchev–Trinajstić information content (AvgIpc) is 3.43. The van der Waals surface area contributed by atoms with Gasteiger partial charge in [0.2, 0.25) is 0 Å². The molecule has 0 aliphatic carbocycles. The number of carbonyl (C=O) groups is 1. The smallest absolute Gasteiger partial charge is 0.261 e. The predicted molar refractivity (Wildman–Crippen MR) is 122 cm³/mol. The molecule has 1 aliphatic rings. The fourth-order valence-corrected chi connectivity index (χ4v) is 4.73. The molecule has 0 unspecified atom stereocenters. The van der Waals surface area contributed by atoms with E-state index in [9.17, 15) is 9.59 Å². The third-order valence-corrected chi connectivity index (χ3v) is 6.33. The Morgan fingerprint density at radius 2 is 1.83 bits per heavy atom. The van der Waals surface area contributed by atoms with E-state index in [1.807, 2.05) is 48.5 Å². The second kappa shape index (κ2) is 7.76. The maximum absolute atomic E-state index is 12.7. The van der Waals surface area contributed by atoms with Crippen LogP contribution in [0, 0.1) is 0 Å². The highest BCUT2D eigenvalue weighted by Gasteiger charge is 2.17. The number of H-pyrrole nitrogens is 1. The van der Waals surface area contributed by atoms with Crippen LogP contribution < -0.4 is 15.8 Å². The van der Waals surface area contributed by atoms with E-state index in [0.29, 0.717) is 11.4 Å².